The molecule has 2 aromatic carbocycles. The Hall–Kier alpha value is -3.38. The van der Waals surface area contributed by atoms with Gasteiger partial charge in [0.15, 0.2) is 0 Å². The van der Waals surface area contributed by atoms with Crippen molar-refractivity contribution in [3.8, 4) is 11.1 Å². The highest BCUT2D eigenvalue weighted by molar-refractivity contribution is 6.33. The molecule has 0 aliphatic heterocycles. The van der Waals surface area contributed by atoms with E-state index in [-0.39, 0.29) is 18.0 Å². The molecule has 7 heteroatoms. The summed E-state index contributed by atoms with van der Waals surface area (Å²) in [4.78, 5) is 28.2. The summed E-state index contributed by atoms with van der Waals surface area (Å²) >= 11 is 6.58. The second-order valence-electron chi connectivity index (χ2n) is 9.35. The number of hydrogen-bond donors (Lipinski definition) is 3. The van der Waals surface area contributed by atoms with Crippen LogP contribution in [0.25, 0.3) is 11.1 Å². The predicted molar refractivity (Wildman–Crippen MR) is 145 cm³/mol. The van der Waals surface area contributed by atoms with E-state index in [1.807, 2.05) is 30.3 Å². The van der Waals surface area contributed by atoms with E-state index in [9.17, 15) is 9.59 Å². The zero-order valence-electron chi connectivity index (χ0n) is 20.6. The van der Waals surface area contributed by atoms with Crippen LogP contribution in [0.2, 0.25) is 5.02 Å². The van der Waals surface area contributed by atoms with Crippen LogP contribution >= 0.6 is 11.6 Å². The molecule has 1 fully saturated rings. The third-order valence-corrected chi connectivity index (χ3v) is 6.90. The van der Waals surface area contributed by atoms with Crippen molar-refractivity contribution in [2.24, 2.45) is 0 Å². The van der Waals surface area contributed by atoms with Gasteiger partial charge in [0.2, 0.25) is 5.91 Å². The average Bonchev–Trinajstić information content (AvgIpc) is 2.87. The monoisotopic (exact) mass is 504 g/mol. The number of carbonyl (C=O) groups is 2. The van der Waals surface area contributed by atoms with E-state index in [2.05, 4.69) is 39.1 Å². The van der Waals surface area contributed by atoms with Crippen LogP contribution in [0.1, 0.15) is 55.7 Å². The highest BCUT2D eigenvalue weighted by atomic mass is 35.5. The van der Waals surface area contributed by atoms with Gasteiger partial charge in [-0.25, -0.2) is 4.79 Å². The summed E-state index contributed by atoms with van der Waals surface area (Å²) in [6.45, 7) is 2.02. The number of nitrogens with zero attached hydrogens (tertiary/aromatic N) is 1. The lowest BCUT2D eigenvalue weighted by molar-refractivity contribution is -0.114. The van der Waals surface area contributed by atoms with E-state index in [1.54, 1.807) is 12.4 Å². The molecule has 0 spiro atoms. The van der Waals surface area contributed by atoms with Crippen molar-refractivity contribution in [3.63, 3.8) is 0 Å². The van der Waals surface area contributed by atoms with Crippen LogP contribution in [0.15, 0.2) is 60.9 Å². The second-order valence-corrected chi connectivity index (χ2v) is 9.75. The molecule has 0 unspecified atom stereocenters. The zero-order valence-corrected chi connectivity index (χ0v) is 21.4. The third kappa shape index (κ3) is 7.08. The quantitative estimate of drug-likeness (QED) is 0.345. The number of aromatic nitrogens is 1. The first-order chi connectivity index (χ1) is 17.5. The molecule has 0 radical (unpaired) electrons. The number of halogens is 1. The summed E-state index contributed by atoms with van der Waals surface area (Å²) in [5.41, 5.74) is 5.90. The number of anilines is 1. The highest BCUT2D eigenvalue weighted by Crippen LogP contribution is 2.32. The van der Waals surface area contributed by atoms with Gasteiger partial charge in [-0.1, -0.05) is 67.3 Å². The number of pyridine rings is 1. The number of benzene rings is 2. The average molecular weight is 505 g/mol. The standard InChI is InChI=1S/C29H33ClN4O2/c1-20(35)33-28-19-31-15-13-23(28)17-21-11-12-22(26(18-21)25-9-5-6-10-27(25)30)14-16-32-29(36)34-24-7-3-2-4-8-24/h5-6,9-13,15,18-19,24H,2-4,7-8,14,16-17H2,1H3,(H,33,35)(H2,32,34,36). The summed E-state index contributed by atoms with van der Waals surface area (Å²) in [7, 11) is 0. The van der Waals surface area contributed by atoms with Gasteiger partial charge in [-0.05, 0) is 60.1 Å². The largest absolute Gasteiger partial charge is 0.338 e. The van der Waals surface area contributed by atoms with Crippen LogP contribution < -0.4 is 16.0 Å². The smallest absolute Gasteiger partial charge is 0.315 e. The van der Waals surface area contributed by atoms with Crippen molar-refractivity contribution in [2.75, 3.05) is 11.9 Å². The van der Waals surface area contributed by atoms with Crippen molar-refractivity contribution >= 4 is 29.2 Å². The molecule has 1 aliphatic carbocycles. The van der Waals surface area contributed by atoms with Crippen LogP contribution in [-0.2, 0) is 17.6 Å². The van der Waals surface area contributed by atoms with Gasteiger partial charge < -0.3 is 16.0 Å². The molecule has 4 rings (SSSR count). The molecule has 36 heavy (non-hydrogen) atoms. The fourth-order valence-electron chi connectivity index (χ4n) is 4.78. The molecule has 0 saturated heterocycles. The van der Waals surface area contributed by atoms with Gasteiger partial charge in [0.25, 0.3) is 0 Å². The number of rotatable bonds is 8. The zero-order chi connectivity index (χ0) is 25.3. The Morgan fingerprint density at radius 3 is 2.58 bits per heavy atom. The Bertz CT molecular complexity index is 1210. The fourth-order valence-corrected chi connectivity index (χ4v) is 5.01. The van der Waals surface area contributed by atoms with E-state index in [1.165, 1.54) is 26.2 Å². The first-order valence-electron chi connectivity index (χ1n) is 12.6. The lowest BCUT2D eigenvalue weighted by Crippen LogP contribution is -2.43. The van der Waals surface area contributed by atoms with Crippen LogP contribution in [0.3, 0.4) is 0 Å². The fraction of sp³-hybridized carbons (Fsp3) is 0.345. The van der Waals surface area contributed by atoms with Crippen LogP contribution in [0, 0.1) is 0 Å². The first kappa shape index (κ1) is 25.7. The molecule has 1 aromatic heterocycles. The van der Waals surface area contributed by atoms with Gasteiger partial charge >= 0.3 is 6.03 Å². The molecule has 3 aromatic rings. The normalized spacial score (nSPS) is 13.7. The molecule has 1 aliphatic rings. The first-order valence-corrected chi connectivity index (χ1v) is 13.0. The van der Waals surface area contributed by atoms with Crippen LogP contribution in [0.5, 0.6) is 0 Å². The van der Waals surface area contributed by atoms with E-state index in [4.69, 9.17) is 11.6 Å². The Morgan fingerprint density at radius 1 is 1.00 bits per heavy atom. The summed E-state index contributed by atoms with van der Waals surface area (Å²) in [6, 6.07) is 16.3. The van der Waals surface area contributed by atoms with E-state index < -0.39 is 0 Å². The summed E-state index contributed by atoms with van der Waals surface area (Å²) in [5.74, 6) is -0.128. The number of hydrogen-bond acceptors (Lipinski definition) is 3. The summed E-state index contributed by atoms with van der Waals surface area (Å²) in [6.07, 6.45) is 10.5. The minimum absolute atomic E-state index is 0.0963. The maximum Gasteiger partial charge on any atom is 0.315 e. The van der Waals surface area contributed by atoms with Crippen molar-refractivity contribution in [2.45, 2.75) is 57.9 Å². The minimum Gasteiger partial charge on any atom is -0.338 e. The Balaban J connectivity index is 1.51. The maximum absolute atomic E-state index is 12.4. The van der Waals surface area contributed by atoms with Gasteiger partial charge in [-0.2, -0.15) is 0 Å². The van der Waals surface area contributed by atoms with Gasteiger partial charge in [0.1, 0.15) is 0 Å². The van der Waals surface area contributed by atoms with Gasteiger partial charge in [0.05, 0.1) is 11.9 Å². The lowest BCUT2D eigenvalue weighted by atomic mass is 9.93. The predicted octanol–water partition coefficient (Wildman–Crippen LogP) is 6.13. The van der Waals surface area contributed by atoms with Gasteiger partial charge in [0, 0.05) is 36.3 Å². The number of nitrogens with one attached hydrogen (secondary N) is 3. The Morgan fingerprint density at radius 2 is 1.81 bits per heavy atom. The highest BCUT2D eigenvalue weighted by Gasteiger charge is 2.16. The third-order valence-electron chi connectivity index (χ3n) is 6.58. The lowest BCUT2D eigenvalue weighted by Gasteiger charge is -2.23. The molecular weight excluding hydrogens is 472 g/mol. The number of urea groups is 1. The van der Waals surface area contributed by atoms with Crippen molar-refractivity contribution in [1.82, 2.24) is 15.6 Å². The van der Waals surface area contributed by atoms with Gasteiger partial charge in [-0.15, -0.1) is 0 Å². The Kier molecular flexibility index (Phi) is 8.95. The van der Waals surface area contributed by atoms with E-state index >= 15 is 0 Å². The number of amides is 3. The molecule has 1 saturated carbocycles. The van der Waals surface area contributed by atoms with Crippen LogP contribution in [-0.4, -0.2) is 29.5 Å². The van der Waals surface area contributed by atoms with Crippen molar-refractivity contribution in [3.05, 3.63) is 82.6 Å². The van der Waals surface area contributed by atoms with Crippen molar-refractivity contribution in [1.29, 1.82) is 0 Å². The molecular formula is C29H33ClN4O2. The molecule has 1 heterocycles. The van der Waals surface area contributed by atoms with Gasteiger partial charge in [-0.3, -0.25) is 9.78 Å². The molecule has 3 N–H and O–H groups in total. The summed E-state index contributed by atoms with van der Waals surface area (Å²) in [5, 5.41) is 9.67. The molecule has 0 bridgehead atoms. The van der Waals surface area contributed by atoms with Crippen LogP contribution in [0.4, 0.5) is 10.5 Å². The van der Waals surface area contributed by atoms with Crippen molar-refractivity contribution < 1.29 is 9.59 Å². The number of carbonyl (C=O) groups excluding carboxylic acids is 2. The second kappa shape index (κ2) is 12.5. The minimum atomic E-state index is -0.128. The molecule has 3 amide bonds. The van der Waals surface area contributed by atoms with E-state index in [0.717, 1.165) is 40.7 Å². The molecule has 0 atom stereocenters. The Labute approximate surface area is 217 Å². The topological polar surface area (TPSA) is 83.1 Å². The maximum atomic E-state index is 12.4. The summed E-state index contributed by atoms with van der Waals surface area (Å²) < 4.78 is 0. The molecule has 188 valence electrons. The SMILES string of the molecule is CC(=O)Nc1cnccc1Cc1ccc(CCNC(=O)NC2CCCCC2)c(-c2ccccc2Cl)c1. The van der Waals surface area contributed by atoms with E-state index in [0.29, 0.717) is 30.1 Å². The molecule has 6 nitrogen and oxygen atoms in total.